The normalized spacial score (nSPS) is 18.9. The zero-order valence-corrected chi connectivity index (χ0v) is 19.9. The maximum Gasteiger partial charge on any atom is 0.326 e. The van der Waals surface area contributed by atoms with Crippen LogP contribution in [0.15, 0.2) is 53.1 Å². The molecule has 196 valence electrons. The molecule has 2 amide bonds. The predicted octanol–water partition coefficient (Wildman–Crippen LogP) is 1.63. The van der Waals surface area contributed by atoms with Crippen molar-refractivity contribution in [2.45, 2.75) is 49.9 Å². The van der Waals surface area contributed by atoms with E-state index >= 15 is 0 Å². The van der Waals surface area contributed by atoms with Gasteiger partial charge in [-0.05, 0) is 54.7 Å². The van der Waals surface area contributed by atoms with Gasteiger partial charge in [-0.25, -0.2) is 9.59 Å². The van der Waals surface area contributed by atoms with Gasteiger partial charge in [-0.3, -0.25) is 0 Å². The second-order valence-corrected chi connectivity index (χ2v) is 9.01. The van der Waals surface area contributed by atoms with E-state index in [1.54, 1.807) is 36.4 Å². The quantitative estimate of drug-likeness (QED) is 0.246. The summed E-state index contributed by atoms with van der Waals surface area (Å²) >= 11 is 0. The number of aliphatic hydroxyl groups excluding tert-OH is 1. The zero-order chi connectivity index (χ0) is 26.5. The number of aliphatic carboxylic acids is 1. The molecule has 1 fully saturated rings. The van der Waals surface area contributed by atoms with E-state index in [4.69, 9.17) is 10.3 Å². The summed E-state index contributed by atoms with van der Waals surface area (Å²) in [6.07, 6.45) is 0.386. The summed E-state index contributed by atoms with van der Waals surface area (Å²) in [7, 11) is 0. The molecule has 12 nitrogen and oxygen atoms in total. The van der Waals surface area contributed by atoms with E-state index in [0.29, 0.717) is 18.4 Å². The smallest absolute Gasteiger partial charge is 0.326 e. The Morgan fingerprint density at radius 2 is 1.70 bits per heavy atom. The number of aromatic nitrogens is 2. The van der Waals surface area contributed by atoms with E-state index in [2.05, 4.69) is 15.5 Å². The molecule has 1 aliphatic heterocycles. The Kier molecular flexibility index (Phi) is 7.89. The van der Waals surface area contributed by atoms with Crippen LogP contribution in [0.25, 0.3) is 0 Å². The van der Waals surface area contributed by atoms with Crippen LogP contribution in [0.1, 0.15) is 47.8 Å². The van der Waals surface area contributed by atoms with Gasteiger partial charge in [0.2, 0.25) is 0 Å². The molecule has 12 heteroatoms. The second kappa shape index (κ2) is 11.3. The molecule has 0 radical (unpaired) electrons. The number of phenolic OH excluding ortho intramolecular Hbond substituents is 2. The van der Waals surface area contributed by atoms with Gasteiger partial charge in [-0.15, -0.1) is 0 Å². The van der Waals surface area contributed by atoms with Gasteiger partial charge in [-0.2, -0.15) is 4.98 Å². The molecule has 4 rings (SSSR count). The van der Waals surface area contributed by atoms with Crippen LogP contribution in [0.4, 0.5) is 4.79 Å². The number of rotatable bonds is 9. The molecule has 1 saturated heterocycles. The average molecular weight is 512 g/mol. The van der Waals surface area contributed by atoms with Crippen LogP contribution >= 0.6 is 0 Å². The van der Waals surface area contributed by atoms with E-state index < -0.39 is 36.2 Å². The van der Waals surface area contributed by atoms with Crippen molar-refractivity contribution in [1.82, 2.24) is 20.4 Å². The molecule has 2 heterocycles. The molecule has 2 aromatic carbocycles. The van der Waals surface area contributed by atoms with E-state index in [1.807, 2.05) is 0 Å². The number of aromatic hydroxyl groups is 2. The van der Waals surface area contributed by atoms with Gasteiger partial charge in [0.05, 0.1) is 12.1 Å². The number of aryl methyl sites for hydroxylation is 1. The number of carbonyl (C=O) groups excluding carboxylic acids is 1. The van der Waals surface area contributed by atoms with Crippen LogP contribution in [-0.2, 0) is 17.6 Å². The number of benzene rings is 2. The molecule has 4 atom stereocenters. The Balaban J connectivity index is 1.41. The topological polar surface area (TPSA) is 195 Å². The van der Waals surface area contributed by atoms with Crippen LogP contribution in [-0.4, -0.2) is 66.2 Å². The molecule has 0 spiro atoms. The lowest BCUT2D eigenvalue weighted by Gasteiger charge is -2.25. The monoisotopic (exact) mass is 511 g/mol. The molecular weight excluding hydrogens is 482 g/mol. The Hall–Kier alpha value is -4.16. The molecule has 3 aromatic rings. The molecule has 0 bridgehead atoms. The third-order valence-corrected chi connectivity index (χ3v) is 6.32. The fourth-order valence-corrected chi connectivity index (χ4v) is 4.23. The first kappa shape index (κ1) is 25.9. The highest BCUT2D eigenvalue weighted by molar-refractivity contribution is 5.83. The number of hydrogen-bond donors (Lipinski definition) is 6. The minimum absolute atomic E-state index is 0.00298. The van der Waals surface area contributed by atoms with Crippen molar-refractivity contribution >= 4 is 12.0 Å². The zero-order valence-electron chi connectivity index (χ0n) is 19.9. The van der Waals surface area contributed by atoms with Crippen molar-refractivity contribution < 1.29 is 34.5 Å². The molecular formula is C25H29N5O7. The summed E-state index contributed by atoms with van der Waals surface area (Å²) in [6.45, 7) is 0.161. The van der Waals surface area contributed by atoms with Gasteiger partial charge in [0.25, 0.3) is 5.89 Å². The number of aliphatic hydroxyl groups is 1. The number of carboxylic acid groups (broad SMARTS) is 1. The average Bonchev–Trinajstić information content (AvgIpc) is 3.51. The summed E-state index contributed by atoms with van der Waals surface area (Å²) < 4.78 is 5.35. The van der Waals surface area contributed by atoms with Crippen LogP contribution in [0.2, 0.25) is 0 Å². The number of likely N-dealkylation sites (tertiary alicyclic amines) is 1. The predicted molar refractivity (Wildman–Crippen MR) is 129 cm³/mol. The lowest BCUT2D eigenvalue weighted by atomic mass is 10.1. The number of nitrogens with one attached hydrogen (secondary N) is 1. The van der Waals surface area contributed by atoms with Crippen molar-refractivity contribution in [2.75, 3.05) is 6.54 Å². The highest BCUT2D eigenvalue weighted by Gasteiger charge is 2.42. The standard InChI is InChI=1S/C25H29N5O7/c26-18(10-5-14-1-6-16(31)7-2-14)22-28-23(37-29-22)21-20(33)11-12-30(21)25(36)27-19(24(34)35)13-15-3-8-17(32)9-4-15/h1-4,6-9,18-21,31-33H,5,10-13,26H2,(H,27,36)(H,34,35)/t18-,19-,20?,21-/m0/s1. The highest BCUT2D eigenvalue weighted by Crippen LogP contribution is 2.32. The first-order chi connectivity index (χ1) is 17.7. The largest absolute Gasteiger partial charge is 0.508 e. The lowest BCUT2D eigenvalue weighted by molar-refractivity contribution is -0.139. The lowest BCUT2D eigenvalue weighted by Crippen LogP contribution is -2.49. The number of amides is 2. The Bertz CT molecular complexity index is 1210. The minimum atomic E-state index is -1.23. The molecule has 1 aromatic heterocycles. The minimum Gasteiger partial charge on any atom is -0.508 e. The summed E-state index contributed by atoms with van der Waals surface area (Å²) in [4.78, 5) is 30.4. The van der Waals surface area contributed by atoms with Crippen molar-refractivity contribution in [3.63, 3.8) is 0 Å². The van der Waals surface area contributed by atoms with Gasteiger partial charge in [-0.1, -0.05) is 29.4 Å². The van der Waals surface area contributed by atoms with Crippen molar-refractivity contribution in [1.29, 1.82) is 0 Å². The van der Waals surface area contributed by atoms with Crippen molar-refractivity contribution in [3.8, 4) is 11.5 Å². The van der Waals surface area contributed by atoms with E-state index in [-0.39, 0.29) is 42.6 Å². The van der Waals surface area contributed by atoms with Crippen molar-refractivity contribution in [2.24, 2.45) is 5.73 Å². The number of hydrogen-bond acceptors (Lipinski definition) is 9. The summed E-state index contributed by atoms with van der Waals surface area (Å²) in [5.74, 6) is -0.760. The third-order valence-electron chi connectivity index (χ3n) is 6.32. The first-order valence-corrected chi connectivity index (χ1v) is 11.8. The Labute approximate surface area is 212 Å². The summed E-state index contributed by atoms with van der Waals surface area (Å²) in [5.41, 5.74) is 7.82. The van der Waals surface area contributed by atoms with Gasteiger partial charge in [0.1, 0.15) is 23.6 Å². The number of nitrogens with two attached hydrogens (primary N) is 1. The maximum atomic E-state index is 13.0. The molecule has 1 aliphatic rings. The van der Waals surface area contributed by atoms with Gasteiger partial charge in [0, 0.05) is 13.0 Å². The molecule has 0 aliphatic carbocycles. The van der Waals surface area contributed by atoms with Gasteiger partial charge in [0.15, 0.2) is 5.82 Å². The van der Waals surface area contributed by atoms with Crippen LogP contribution in [0.5, 0.6) is 11.5 Å². The van der Waals surface area contributed by atoms with Gasteiger partial charge >= 0.3 is 12.0 Å². The second-order valence-electron chi connectivity index (χ2n) is 9.01. The van der Waals surface area contributed by atoms with Crippen LogP contribution in [0, 0.1) is 0 Å². The fourth-order valence-electron chi connectivity index (χ4n) is 4.23. The Morgan fingerprint density at radius 3 is 2.32 bits per heavy atom. The van der Waals surface area contributed by atoms with Crippen LogP contribution < -0.4 is 11.1 Å². The number of phenols is 2. The SMILES string of the molecule is N[C@@H](CCc1ccc(O)cc1)c1noc([C@@H]2C(O)CCN2C(=O)N[C@@H](Cc2ccc(O)cc2)C(=O)O)n1. The number of carboxylic acids is 1. The highest BCUT2D eigenvalue weighted by atomic mass is 16.5. The number of nitrogens with zero attached hydrogens (tertiary/aromatic N) is 3. The van der Waals surface area contributed by atoms with E-state index in [9.17, 15) is 30.0 Å². The van der Waals surface area contributed by atoms with Crippen molar-refractivity contribution in [3.05, 3.63) is 71.4 Å². The molecule has 0 saturated carbocycles. The third kappa shape index (κ3) is 6.35. The Morgan fingerprint density at radius 1 is 1.08 bits per heavy atom. The van der Waals surface area contributed by atoms with Gasteiger partial charge < -0.3 is 40.9 Å². The molecule has 7 N–H and O–H groups in total. The maximum absolute atomic E-state index is 13.0. The summed E-state index contributed by atoms with van der Waals surface area (Å²) in [5, 5.41) is 45.4. The summed E-state index contributed by atoms with van der Waals surface area (Å²) in [6, 6.07) is 9.35. The number of urea groups is 1. The van der Waals surface area contributed by atoms with E-state index in [1.165, 1.54) is 17.0 Å². The van der Waals surface area contributed by atoms with E-state index in [0.717, 1.165) is 5.56 Å². The first-order valence-electron chi connectivity index (χ1n) is 11.8. The molecule has 1 unspecified atom stereocenters. The number of carbonyl (C=O) groups is 2. The fraction of sp³-hybridized carbons (Fsp3) is 0.360. The molecule has 37 heavy (non-hydrogen) atoms. The van der Waals surface area contributed by atoms with Crippen LogP contribution in [0.3, 0.4) is 0 Å².